The predicted molar refractivity (Wildman–Crippen MR) is 72.9 cm³/mol. The summed E-state index contributed by atoms with van der Waals surface area (Å²) in [5, 5.41) is 0. The standard InChI is InChI=1S/C14H12BrF2NO/c15-10-6-4-9(5-7-10)13(8-18)19-12-3-1-2-11(16)14(12)17/h1-7,13H,8,18H2. The molecule has 0 aliphatic rings. The van der Waals surface area contributed by atoms with Crippen LogP contribution in [-0.2, 0) is 0 Å². The monoisotopic (exact) mass is 327 g/mol. The second-order valence-electron chi connectivity index (χ2n) is 3.95. The molecule has 100 valence electrons. The van der Waals surface area contributed by atoms with Gasteiger partial charge in [-0.1, -0.05) is 34.1 Å². The van der Waals surface area contributed by atoms with Crippen molar-refractivity contribution >= 4 is 15.9 Å². The molecule has 1 atom stereocenters. The number of hydrogen-bond donors (Lipinski definition) is 1. The Labute approximate surface area is 118 Å². The molecule has 0 aromatic heterocycles. The molecule has 0 bridgehead atoms. The number of hydrogen-bond acceptors (Lipinski definition) is 2. The Bertz CT molecular complexity index is 560. The highest BCUT2D eigenvalue weighted by Crippen LogP contribution is 2.26. The van der Waals surface area contributed by atoms with Crippen molar-refractivity contribution in [2.24, 2.45) is 5.73 Å². The third-order valence-corrected chi connectivity index (χ3v) is 3.17. The summed E-state index contributed by atoms with van der Waals surface area (Å²) in [5.74, 6) is -2.08. The third kappa shape index (κ3) is 3.30. The van der Waals surface area contributed by atoms with Crippen molar-refractivity contribution in [3.8, 4) is 5.75 Å². The largest absolute Gasteiger partial charge is 0.481 e. The van der Waals surface area contributed by atoms with Crippen molar-refractivity contribution in [1.29, 1.82) is 0 Å². The normalized spacial score (nSPS) is 12.2. The summed E-state index contributed by atoms with van der Waals surface area (Å²) in [7, 11) is 0. The molecule has 0 fully saturated rings. The molecule has 5 heteroatoms. The van der Waals surface area contributed by atoms with E-state index in [1.165, 1.54) is 12.1 Å². The summed E-state index contributed by atoms with van der Waals surface area (Å²) in [6.07, 6.45) is -0.524. The molecule has 2 N–H and O–H groups in total. The van der Waals surface area contributed by atoms with Crippen LogP contribution >= 0.6 is 15.9 Å². The van der Waals surface area contributed by atoms with Gasteiger partial charge in [0.15, 0.2) is 11.6 Å². The first-order valence-electron chi connectivity index (χ1n) is 5.68. The second-order valence-corrected chi connectivity index (χ2v) is 4.86. The molecule has 0 saturated carbocycles. The van der Waals surface area contributed by atoms with Gasteiger partial charge in [0, 0.05) is 11.0 Å². The molecular formula is C14H12BrF2NO. The van der Waals surface area contributed by atoms with Gasteiger partial charge in [0.1, 0.15) is 6.10 Å². The minimum absolute atomic E-state index is 0.140. The van der Waals surface area contributed by atoms with Crippen LogP contribution in [-0.4, -0.2) is 6.54 Å². The van der Waals surface area contributed by atoms with Gasteiger partial charge in [-0.05, 0) is 29.8 Å². The van der Waals surface area contributed by atoms with Crippen molar-refractivity contribution in [2.45, 2.75) is 6.10 Å². The maximum Gasteiger partial charge on any atom is 0.200 e. The molecule has 0 aliphatic heterocycles. The summed E-state index contributed by atoms with van der Waals surface area (Å²) >= 11 is 3.32. The van der Waals surface area contributed by atoms with E-state index in [1.54, 1.807) is 0 Å². The van der Waals surface area contributed by atoms with Gasteiger partial charge in [0.2, 0.25) is 5.82 Å². The van der Waals surface area contributed by atoms with Crippen LogP contribution in [0.15, 0.2) is 46.9 Å². The molecule has 0 amide bonds. The maximum atomic E-state index is 13.5. The first kappa shape index (κ1) is 14.0. The van der Waals surface area contributed by atoms with E-state index in [1.807, 2.05) is 24.3 Å². The van der Waals surface area contributed by atoms with Crippen LogP contribution in [0.2, 0.25) is 0 Å². The number of benzene rings is 2. The first-order valence-corrected chi connectivity index (χ1v) is 6.47. The van der Waals surface area contributed by atoms with Crippen LogP contribution in [0.1, 0.15) is 11.7 Å². The van der Waals surface area contributed by atoms with Crippen LogP contribution in [0.5, 0.6) is 5.75 Å². The Hall–Kier alpha value is -1.46. The summed E-state index contributed by atoms with van der Waals surface area (Å²) in [4.78, 5) is 0. The molecule has 19 heavy (non-hydrogen) atoms. The Morgan fingerprint density at radius 3 is 2.42 bits per heavy atom. The topological polar surface area (TPSA) is 35.2 Å². The Kier molecular flexibility index (Phi) is 4.50. The lowest BCUT2D eigenvalue weighted by Gasteiger charge is -2.18. The fraction of sp³-hybridized carbons (Fsp3) is 0.143. The summed E-state index contributed by atoms with van der Waals surface area (Å²) in [6, 6.07) is 11.1. The van der Waals surface area contributed by atoms with E-state index in [0.717, 1.165) is 16.1 Å². The van der Waals surface area contributed by atoms with Gasteiger partial charge >= 0.3 is 0 Å². The molecule has 0 saturated heterocycles. The van der Waals surface area contributed by atoms with Gasteiger partial charge < -0.3 is 10.5 Å². The van der Waals surface area contributed by atoms with Gasteiger partial charge in [0.25, 0.3) is 0 Å². The van der Waals surface area contributed by atoms with Crippen LogP contribution in [0.4, 0.5) is 8.78 Å². The Morgan fingerprint density at radius 1 is 1.11 bits per heavy atom. The highest BCUT2D eigenvalue weighted by molar-refractivity contribution is 9.10. The van der Waals surface area contributed by atoms with Crippen molar-refractivity contribution in [3.05, 3.63) is 64.1 Å². The van der Waals surface area contributed by atoms with E-state index in [0.29, 0.717) is 0 Å². The predicted octanol–water partition coefficient (Wildman–Crippen LogP) is 3.81. The molecule has 0 spiro atoms. The van der Waals surface area contributed by atoms with Crippen LogP contribution < -0.4 is 10.5 Å². The third-order valence-electron chi connectivity index (χ3n) is 2.64. The molecule has 2 aromatic carbocycles. The van der Waals surface area contributed by atoms with E-state index < -0.39 is 17.7 Å². The van der Waals surface area contributed by atoms with E-state index >= 15 is 0 Å². The molecule has 2 nitrogen and oxygen atoms in total. The highest BCUT2D eigenvalue weighted by Gasteiger charge is 2.16. The molecule has 2 rings (SSSR count). The van der Waals surface area contributed by atoms with E-state index in [-0.39, 0.29) is 12.3 Å². The summed E-state index contributed by atoms with van der Waals surface area (Å²) in [6.45, 7) is 0.164. The highest BCUT2D eigenvalue weighted by atomic mass is 79.9. The zero-order chi connectivity index (χ0) is 13.8. The smallest absolute Gasteiger partial charge is 0.200 e. The van der Waals surface area contributed by atoms with Crippen LogP contribution in [0.25, 0.3) is 0 Å². The zero-order valence-electron chi connectivity index (χ0n) is 9.95. The van der Waals surface area contributed by atoms with Gasteiger partial charge in [-0.15, -0.1) is 0 Å². The van der Waals surface area contributed by atoms with Gasteiger partial charge in [-0.2, -0.15) is 4.39 Å². The lowest BCUT2D eigenvalue weighted by atomic mass is 10.1. The first-order chi connectivity index (χ1) is 9.11. The molecule has 1 unspecified atom stereocenters. The van der Waals surface area contributed by atoms with Crippen molar-refractivity contribution in [2.75, 3.05) is 6.54 Å². The lowest BCUT2D eigenvalue weighted by molar-refractivity contribution is 0.202. The average Bonchev–Trinajstić information content (AvgIpc) is 2.42. The Morgan fingerprint density at radius 2 is 1.79 bits per heavy atom. The van der Waals surface area contributed by atoms with E-state index in [2.05, 4.69) is 15.9 Å². The van der Waals surface area contributed by atoms with Crippen molar-refractivity contribution in [1.82, 2.24) is 0 Å². The molecule has 0 aliphatic carbocycles. The van der Waals surface area contributed by atoms with Crippen molar-refractivity contribution in [3.63, 3.8) is 0 Å². The fourth-order valence-electron chi connectivity index (χ4n) is 1.66. The van der Waals surface area contributed by atoms with Gasteiger partial charge in [-0.3, -0.25) is 0 Å². The zero-order valence-corrected chi connectivity index (χ0v) is 11.5. The summed E-state index contributed by atoms with van der Waals surface area (Å²) < 4.78 is 33.0. The van der Waals surface area contributed by atoms with E-state index in [4.69, 9.17) is 10.5 Å². The minimum Gasteiger partial charge on any atom is -0.481 e. The number of nitrogens with two attached hydrogens (primary N) is 1. The number of rotatable bonds is 4. The SMILES string of the molecule is NCC(Oc1cccc(F)c1F)c1ccc(Br)cc1. The average molecular weight is 328 g/mol. The molecule has 0 heterocycles. The number of halogens is 3. The molecule has 2 aromatic rings. The fourth-order valence-corrected chi connectivity index (χ4v) is 1.92. The minimum atomic E-state index is -1.00. The Balaban J connectivity index is 2.24. The summed E-state index contributed by atoms with van der Waals surface area (Å²) in [5.41, 5.74) is 6.43. The second kappa shape index (κ2) is 6.12. The quantitative estimate of drug-likeness (QED) is 0.926. The maximum absolute atomic E-state index is 13.5. The lowest BCUT2D eigenvalue weighted by Crippen LogP contribution is -2.19. The van der Waals surface area contributed by atoms with Crippen LogP contribution in [0, 0.1) is 11.6 Å². The van der Waals surface area contributed by atoms with Crippen LogP contribution in [0.3, 0.4) is 0 Å². The molecular weight excluding hydrogens is 316 g/mol. The van der Waals surface area contributed by atoms with Crippen molar-refractivity contribution < 1.29 is 13.5 Å². The molecule has 0 radical (unpaired) electrons. The van der Waals surface area contributed by atoms with Gasteiger partial charge in [0.05, 0.1) is 0 Å². The van der Waals surface area contributed by atoms with Gasteiger partial charge in [-0.25, -0.2) is 4.39 Å². The van der Waals surface area contributed by atoms with E-state index in [9.17, 15) is 8.78 Å². The number of ether oxygens (including phenoxy) is 1.